The second-order valence-corrected chi connectivity index (χ2v) is 7.46. The number of anilines is 2. The molecule has 0 spiro atoms. The van der Waals surface area contributed by atoms with E-state index in [0.717, 1.165) is 4.90 Å². The van der Waals surface area contributed by atoms with Crippen LogP contribution in [0.2, 0.25) is 0 Å². The van der Waals surface area contributed by atoms with Gasteiger partial charge in [-0.3, -0.25) is 19.2 Å². The van der Waals surface area contributed by atoms with Crippen molar-refractivity contribution in [1.29, 1.82) is 0 Å². The van der Waals surface area contributed by atoms with Crippen LogP contribution in [-0.4, -0.2) is 27.3 Å². The minimum atomic E-state index is -3.84. The van der Waals surface area contributed by atoms with Crippen LogP contribution in [0.4, 0.5) is 11.4 Å². The van der Waals surface area contributed by atoms with E-state index in [1.807, 2.05) is 0 Å². The van der Waals surface area contributed by atoms with Gasteiger partial charge in [-0.15, -0.1) is 0 Å². The Balaban J connectivity index is 1.85. The van der Waals surface area contributed by atoms with Crippen molar-refractivity contribution in [1.82, 2.24) is 0 Å². The van der Waals surface area contributed by atoms with Gasteiger partial charge in [0.05, 0.1) is 23.4 Å². The molecular weight excluding hydrogens is 356 g/mol. The summed E-state index contributed by atoms with van der Waals surface area (Å²) in [6, 6.07) is 12.3. The molecule has 1 N–H and O–H groups in total. The molecule has 0 unspecified atom stereocenters. The van der Waals surface area contributed by atoms with Crippen molar-refractivity contribution in [3.63, 3.8) is 0 Å². The number of nitrogens with one attached hydrogen (secondary N) is 1. The number of carbonyl (C=O) groups is 2. The number of methoxy groups -OCH3 is 1. The second kappa shape index (κ2) is 7.17. The first-order chi connectivity index (χ1) is 12.4. The fraction of sp³-hybridized carbons (Fsp3) is 0.222. The van der Waals surface area contributed by atoms with Gasteiger partial charge in [0.2, 0.25) is 11.8 Å². The maximum absolute atomic E-state index is 12.6. The molecule has 0 bridgehead atoms. The lowest BCUT2D eigenvalue weighted by Crippen LogP contribution is -2.40. The summed E-state index contributed by atoms with van der Waals surface area (Å²) in [5.41, 5.74) is 0.691. The third-order valence-electron chi connectivity index (χ3n) is 4.04. The molecule has 1 fully saturated rings. The average molecular weight is 374 g/mol. The zero-order chi connectivity index (χ0) is 18.7. The van der Waals surface area contributed by atoms with E-state index in [-0.39, 0.29) is 16.7 Å². The SMILES string of the molecule is COc1ccccc1NS(=O)(=O)c1ccc(N2C(=O)CCCC2=O)cc1. The minimum Gasteiger partial charge on any atom is -0.495 e. The number of benzene rings is 2. The highest BCUT2D eigenvalue weighted by atomic mass is 32.2. The summed E-state index contributed by atoms with van der Waals surface area (Å²) in [5.74, 6) is -0.148. The van der Waals surface area contributed by atoms with Gasteiger partial charge in [0.25, 0.3) is 10.0 Å². The van der Waals surface area contributed by atoms with Gasteiger partial charge in [0.1, 0.15) is 5.75 Å². The first-order valence-electron chi connectivity index (χ1n) is 8.04. The molecule has 0 saturated carbocycles. The lowest BCUT2D eigenvalue weighted by Gasteiger charge is -2.24. The fourth-order valence-electron chi connectivity index (χ4n) is 2.75. The van der Waals surface area contributed by atoms with Crippen molar-refractivity contribution in [3.8, 4) is 5.75 Å². The average Bonchev–Trinajstić information content (AvgIpc) is 2.62. The van der Waals surface area contributed by atoms with Crippen molar-refractivity contribution in [3.05, 3.63) is 48.5 Å². The van der Waals surface area contributed by atoms with E-state index in [9.17, 15) is 18.0 Å². The Morgan fingerprint density at radius 1 is 0.962 bits per heavy atom. The zero-order valence-corrected chi connectivity index (χ0v) is 15.0. The Labute approximate surface area is 151 Å². The van der Waals surface area contributed by atoms with Crippen LogP contribution in [-0.2, 0) is 19.6 Å². The number of ether oxygens (including phenoxy) is 1. The summed E-state index contributed by atoms with van der Waals surface area (Å²) >= 11 is 0. The highest BCUT2D eigenvalue weighted by Gasteiger charge is 2.27. The number of imide groups is 1. The van der Waals surface area contributed by atoms with Crippen LogP contribution in [0.1, 0.15) is 19.3 Å². The van der Waals surface area contributed by atoms with Crippen LogP contribution in [0.5, 0.6) is 5.75 Å². The Kier molecular flexibility index (Phi) is 4.94. The maximum Gasteiger partial charge on any atom is 0.262 e. The molecule has 1 saturated heterocycles. The van der Waals surface area contributed by atoms with Gasteiger partial charge in [-0.25, -0.2) is 8.42 Å². The Morgan fingerprint density at radius 3 is 2.19 bits per heavy atom. The zero-order valence-electron chi connectivity index (χ0n) is 14.1. The number of para-hydroxylation sites is 2. The first-order valence-corrected chi connectivity index (χ1v) is 9.52. The van der Waals surface area contributed by atoms with E-state index >= 15 is 0 Å². The van der Waals surface area contributed by atoms with Crippen LogP contribution in [0.3, 0.4) is 0 Å². The molecule has 136 valence electrons. The predicted molar refractivity (Wildman–Crippen MR) is 96.6 cm³/mol. The number of hydrogen-bond donors (Lipinski definition) is 1. The van der Waals surface area contributed by atoms with Crippen LogP contribution in [0.15, 0.2) is 53.4 Å². The molecule has 8 heteroatoms. The van der Waals surface area contributed by atoms with E-state index in [0.29, 0.717) is 36.4 Å². The van der Waals surface area contributed by atoms with E-state index in [1.54, 1.807) is 24.3 Å². The number of hydrogen-bond acceptors (Lipinski definition) is 5. The standard InChI is InChI=1S/C18H18N2O5S/c1-25-16-6-3-2-5-15(16)19-26(23,24)14-11-9-13(10-12-14)20-17(21)7-4-8-18(20)22/h2-3,5-6,9-12,19H,4,7-8H2,1H3. The number of carbonyl (C=O) groups excluding carboxylic acids is 2. The van der Waals surface area contributed by atoms with Gasteiger partial charge >= 0.3 is 0 Å². The number of rotatable bonds is 5. The van der Waals surface area contributed by atoms with Crippen LogP contribution < -0.4 is 14.4 Å². The molecule has 0 radical (unpaired) electrons. The maximum atomic E-state index is 12.6. The molecule has 7 nitrogen and oxygen atoms in total. The molecule has 0 aliphatic carbocycles. The summed E-state index contributed by atoms with van der Waals surface area (Å²) in [5, 5.41) is 0. The molecule has 3 rings (SSSR count). The summed E-state index contributed by atoms with van der Waals surface area (Å²) in [6.07, 6.45) is 1.16. The van der Waals surface area contributed by atoms with Crippen LogP contribution >= 0.6 is 0 Å². The molecule has 1 aliphatic rings. The molecule has 2 aromatic rings. The summed E-state index contributed by atoms with van der Waals surface area (Å²) in [7, 11) is -2.39. The molecule has 26 heavy (non-hydrogen) atoms. The van der Waals surface area contributed by atoms with Crippen molar-refractivity contribution >= 4 is 33.2 Å². The molecule has 1 heterocycles. The quantitative estimate of drug-likeness (QED) is 0.812. The van der Waals surface area contributed by atoms with E-state index in [1.165, 1.54) is 31.4 Å². The molecule has 2 amide bonds. The Hall–Kier alpha value is -2.87. The third-order valence-corrected chi connectivity index (χ3v) is 5.42. The summed E-state index contributed by atoms with van der Waals surface area (Å²) in [4.78, 5) is 25.0. The highest BCUT2D eigenvalue weighted by molar-refractivity contribution is 7.92. The van der Waals surface area contributed by atoms with Gasteiger partial charge in [0, 0.05) is 12.8 Å². The van der Waals surface area contributed by atoms with Crippen molar-refractivity contribution in [2.24, 2.45) is 0 Å². The lowest BCUT2D eigenvalue weighted by molar-refractivity contribution is -0.129. The third kappa shape index (κ3) is 3.55. The molecule has 2 aromatic carbocycles. The minimum absolute atomic E-state index is 0.0177. The Bertz CT molecular complexity index is 922. The van der Waals surface area contributed by atoms with Crippen LogP contribution in [0, 0.1) is 0 Å². The lowest BCUT2D eigenvalue weighted by atomic mass is 10.1. The largest absolute Gasteiger partial charge is 0.495 e. The van der Waals surface area contributed by atoms with Crippen molar-refractivity contribution < 1.29 is 22.7 Å². The molecule has 1 aliphatic heterocycles. The molecular formula is C18H18N2O5S. The number of amides is 2. The van der Waals surface area contributed by atoms with Gasteiger partial charge in [0.15, 0.2) is 0 Å². The molecule has 0 aromatic heterocycles. The van der Waals surface area contributed by atoms with Crippen molar-refractivity contribution in [2.45, 2.75) is 24.2 Å². The summed E-state index contributed by atoms with van der Waals surface area (Å²) in [6.45, 7) is 0. The molecule has 0 atom stereocenters. The normalized spacial score (nSPS) is 15.0. The van der Waals surface area contributed by atoms with Gasteiger partial charge in [-0.1, -0.05) is 12.1 Å². The smallest absolute Gasteiger partial charge is 0.262 e. The Morgan fingerprint density at radius 2 is 1.58 bits per heavy atom. The van der Waals surface area contributed by atoms with Crippen molar-refractivity contribution in [2.75, 3.05) is 16.7 Å². The highest BCUT2D eigenvalue weighted by Crippen LogP contribution is 2.28. The number of nitrogens with zero attached hydrogens (tertiary/aromatic N) is 1. The van der Waals surface area contributed by atoms with Crippen LogP contribution in [0.25, 0.3) is 0 Å². The topological polar surface area (TPSA) is 92.8 Å². The predicted octanol–water partition coefficient (Wildman–Crippen LogP) is 2.54. The number of sulfonamides is 1. The van der Waals surface area contributed by atoms with E-state index in [4.69, 9.17) is 4.74 Å². The second-order valence-electron chi connectivity index (χ2n) is 5.78. The van der Waals surface area contributed by atoms with E-state index in [2.05, 4.69) is 4.72 Å². The number of piperidine rings is 1. The van der Waals surface area contributed by atoms with E-state index < -0.39 is 10.0 Å². The van der Waals surface area contributed by atoms with Gasteiger partial charge in [-0.2, -0.15) is 0 Å². The first kappa shape index (κ1) is 17.9. The monoisotopic (exact) mass is 374 g/mol. The van der Waals surface area contributed by atoms with Gasteiger partial charge in [-0.05, 0) is 42.8 Å². The fourth-order valence-corrected chi connectivity index (χ4v) is 3.82. The van der Waals surface area contributed by atoms with Gasteiger partial charge < -0.3 is 4.74 Å². The summed E-state index contributed by atoms with van der Waals surface area (Å²) < 4.78 is 32.8.